The molecule has 1 atom stereocenters. The molecular weight excluding hydrogens is 344 g/mol. The van der Waals surface area contributed by atoms with E-state index in [-0.39, 0.29) is 12.5 Å². The van der Waals surface area contributed by atoms with Crippen molar-refractivity contribution in [1.29, 1.82) is 0 Å². The number of nitrogens with zero attached hydrogens (tertiary/aromatic N) is 2. The monoisotopic (exact) mass is 362 g/mol. The fourth-order valence-corrected chi connectivity index (χ4v) is 3.25. The first-order valence-electron chi connectivity index (χ1n) is 7.78. The molecule has 1 amide bonds. The SMILES string of the molecule is COc1cc(C(=O)N2CC[C@H](C(=O)O)C2)ccc1OCc1cscn1. The van der Waals surface area contributed by atoms with Crippen molar-refractivity contribution in [2.24, 2.45) is 5.92 Å². The smallest absolute Gasteiger partial charge is 0.308 e. The first kappa shape index (κ1) is 17.2. The van der Waals surface area contributed by atoms with E-state index < -0.39 is 11.9 Å². The zero-order valence-corrected chi connectivity index (χ0v) is 14.5. The lowest BCUT2D eigenvalue weighted by molar-refractivity contribution is -0.141. The maximum Gasteiger partial charge on any atom is 0.308 e. The number of benzene rings is 1. The Morgan fingerprint density at radius 1 is 1.40 bits per heavy atom. The third-order valence-electron chi connectivity index (χ3n) is 4.09. The number of rotatable bonds is 6. The summed E-state index contributed by atoms with van der Waals surface area (Å²) in [5.74, 6) is -0.578. The minimum absolute atomic E-state index is 0.201. The topological polar surface area (TPSA) is 89.0 Å². The van der Waals surface area contributed by atoms with Crippen molar-refractivity contribution in [3.05, 3.63) is 40.3 Å². The van der Waals surface area contributed by atoms with Gasteiger partial charge in [0, 0.05) is 24.0 Å². The van der Waals surface area contributed by atoms with Crippen LogP contribution in [0.15, 0.2) is 29.1 Å². The summed E-state index contributed by atoms with van der Waals surface area (Å²) in [4.78, 5) is 29.3. The quantitative estimate of drug-likeness (QED) is 0.848. The van der Waals surface area contributed by atoms with E-state index in [0.717, 1.165) is 5.69 Å². The van der Waals surface area contributed by atoms with Gasteiger partial charge in [0.2, 0.25) is 0 Å². The van der Waals surface area contributed by atoms with Crippen molar-refractivity contribution in [1.82, 2.24) is 9.88 Å². The van der Waals surface area contributed by atoms with Crippen LogP contribution in [0, 0.1) is 5.92 Å². The first-order chi connectivity index (χ1) is 12.1. The van der Waals surface area contributed by atoms with Crippen LogP contribution in [-0.2, 0) is 11.4 Å². The second-order valence-electron chi connectivity index (χ2n) is 5.71. The molecule has 1 saturated heterocycles. The minimum Gasteiger partial charge on any atom is -0.493 e. The molecule has 0 aliphatic carbocycles. The number of carboxylic acid groups (broad SMARTS) is 1. The van der Waals surface area contributed by atoms with Gasteiger partial charge >= 0.3 is 5.97 Å². The van der Waals surface area contributed by atoms with Gasteiger partial charge in [-0.3, -0.25) is 9.59 Å². The van der Waals surface area contributed by atoms with Gasteiger partial charge in [0.05, 0.1) is 24.2 Å². The number of amides is 1. The molecule has 0 saturated carbocycles. The highest BCUT2D eigenvalue weighted by Gasteiger charge is 2.31. The van der Waals surface area contributed by atoms with Gasteiger partial charge in [-0.15, -0.1) is 11.3 Å². The molecule has 132 valence electrons. The number of carbonyl (C=O) groups is 2. The lowest BCUT2D eigenvalue weighted by Crippen LogP contribution is -2.29. The van der Waals surface area contributed by atoms with Crippen LogP contribution < -0.4 is 9.47 Å². The molecule has 1 aromatic carbocycles. The molecule has 0 bridgehead atoms. The molecule has 1 N–H and O–H groups in total. The molecule has 8 heteroatoms. The van der Waals surface area contributed by atoms with Crippen LogP contribution in [0.5, 0.6) is 11.5 Å². The fraction of sp³-hybridized carbons (Fsp3) is 0.353. The fourth-order valence-electron chi connectivity index (χ4n) is 2.71. The number of thiazole rings is 1. The van der Waals surface area contributed by atoms with Crippen LogP contribution >= 0.6 is 11.3 Å². The molecule has 3 rings (SSSR count). The summed E-state index contributed by atoms with van der Waals surface area (Å²) in [6, 6.07) is 4.96. The highest BCUT2D eigenvalue weighted by molar-refractivity contribution is 7.07. The lowest BCUT2D eigenvalue weighted by atomic mass is 10.1. The highest BCUT2D eigenvalue weighted by atomic mass is 32.1. The molecule has 1 aromatic heterocycles. The van der Waals surface area contributed by atoms with Crippen molar-refractivity contribution in [3.63, 3.8) is 0 Å². The average molecular weight is 362 g/mol. The standard InChI is InChI=1S/C17H18N2O5S/c1-23-15-6-11(16(20)19-5-4-12(7-19)17(21)22)2-3-14(15)24-8-13-9-25-10-18-13/h2-3,6,9-10,12H,4-5,7-8H2,1H3,(H,21,22)/t12-/m0/s1. The van der Waals surface area contributed by atoms with Gasteiger partial charge in [-0.2, -0.15) is 0 Å². The summed E-state index contributed by atoms with van der Waals surface area (Å²) in [5.41, 5.74) is 3.01. The summed E-state index contributed by atoms with van der Waals surface area (Å²) in [5, 5.41) is 11.0. The predicted octanol–water partition coefficient (Wildman–Crippen LogP) is 2.28. The van der Waals surface area contributed by atoms with Gasteiger partial charge in [0.15, 0.2) is 11.5 Å². The number of aliphatic carboxylic acids is 1. The van der Waals surface area contributed by atoms with Crippen LogP contribution in [0.3, 0.4) is 0 Å². The maximum atomic E-state index is 12.6. The normalized spacial score (nSPS) is 16.7. The maximum absolute atomic E-state index is 12.6. The van der Waals surface area contributed by atoms with Crippen LogP contribution in [0.1, 0.15) is 22.5 Å². The van der Waals surface area contributed by atoms with E-state index in [1.807, 2.05) is 5.38 Å². The van der Waals surface area contributed by atoms with E-state index in [1.54, 1.807) is 28.6 Å². The van der Waals surface area contributed by atoms with Crippen molar-refractivity contribution in [2.75, 3.05) is 20.2 Å². The third kappa shape index (κ3) is 3.90. The zero-order valence-electron chi connectivity index (χ0n) is 13.7. The summed E-state index contributed by atoms with van der Waals surface area (Å²) in [6.45, 7) is 0.998. The van der Waals surface area contributed by atoms with Crippen molar-refractivity contribution in [3.8, 4) is 11.5 Å². The summed E-state index contributed by atoms with van der Waals surface area (Å²) in [6.07, 6.45) is 0.479. The molecule has 7 nitrogen and oxygen atoms in total. The number of methoxy groups -OCH3 is 1. The van der Waals surface area contributed by atoms with Gasteiger partial charge in [-0.1, -0.05) is 0 Å². The average Bonchev–Trinajstić information content (AvgIpc) is 3.30. The van der Waals surface area contributed by atoms with Crippen molar-refractivity contribution < 1.29 is 24.2 Å². The number of carbonyl (C=O) groups excluding carboxylic acids is 1. The zero-order chi connectivity index (χ0) is 17.8. The Balaban J connectivity index is 1.70. The Morgan fingerprint density at radius 3 is 2.88 bits per heavy atom. The number of carboxylic acids is 1. The van der Waals surface area contributed by atoms with Crippen molar-refractivity contribution >= 4 is 23.2 Å². The van der Waals surface area contributed by atoms with Crippen LogP contribution in [0.4, 0.5) is 0 Å². The first-order valence-corrected chi connectivity index (χ1v) is 8.72. The Kier molecular flexibility index (Phi) is 5.18. The Labute approximate surface area is 148 Å². The number of aromatic nitrogens is 1. The molecular formula is C17H18N2O5S. The van der Waals surface area contributed by atoms with Gasteiger partial charge in [0.1, 0.15) is 6.61 Å². The predicted molar refractivity (Wildman–Crippen MR) is 91.1 cm³/mol. The molecule has 1 fully saturated rings. The van der Waals surface area contributed by atoms with E-state index in [2.05, 4.69) is 4.98 Å². The second-order valence-corrected chi connectivity index (χ2v) is 6.43. The van der Waals surface area contributed by atoms with Crippen LogP contribution in [-0.4, -0.2) is 47.1 Å². The van der Waals surface area contributed by atoms with E-state index in [4.69, 9.17) is 14.6 Å². The summed E-state index contributed by atoms with van der Waals surface area (Å²) in [7, 11) is 1.51. The van der Waals surface area contributed by atoms with Gasteiger partial charge in [0.25, 0.3) is 5.91 Å². The van der Waals surface area contributed by atoms with E-state index in [0.29, 0.717) is 36.6 Å². The Bertz CT molecular complexity index is 762. The molecule has 2 heterocycles. The van der Waals surface area contributed by atoms with E-state index in [9.17, 15) is 9.59 Å². The Morgan fingerprint density at radius 2 is 2.24 bits per heavy atom. The van der Waals surface area contributed by atoms with Gasteiger partial charge in [-0.25, -0.2) is 4.98 Å². The highest BCUT2D eigenvalue weighted by Crippen LogP contribution is 2.30. The van der Waals surface area contributed by atoms with Crippen LogP contribution in [0.2, 0.25) is 0 Å². The molecule has 1 aliphatic heterocycles. The van der Waals surface area contributed by atoms with Crippen molar-refractivity contribution in [2.45, 2.75) is 13.0 Å². The van der Waals surface area contributed by atoms with E-state index in [1.165, 1.54) is 18.4 Å². The number of hydrogen-bond acceptors (Lipinski definition) is 6. The molecule has 2 aromatic rings. The summed E-state index contributed by atoms with van der Waals surface area (Å²) < 4.78 is 11.0. The lowest BCUT2D eigenvalue weighted by Gasteiger charge is -2.17. The molecule has 0 spiro atoms. The number of likely N-dealkylation sites (tertiary alicyclic amines) is 1. The molecule has 25 heavy (non-hydrogen) atoms. The molecule has 0 radical (unpaired) electrons. The minimum atomic E-state index is -0.862. The van der Waals surface area contributed by atoms with Crippen LogP contribution in [0.25, 0.3) is 0 Å². The van der Waals surface area contributed by atoms with Gasteiger partial charge < -0.3 is 19.5 Å². The number of ether oxygens (including phenoxy) is 2. The Hall–Kier alpha value is -2.61. The largest absolute Gasteiger partial charge is 0.493 e. The molecule has 0 unspecified atom stereocenters. The third-order valence-corrected chi connectivity index (χ3v) is 4.73. The molecule has 1 aliphatic rings. The summed E-state index contributed by atoms with van der Waals surface area (Å²) >= 11 is 1.49. The number of hydrogen-bond donors (Lipinski definition) is 1. The second kappa shape index (κ2) is 7.52. The van der Waals surface area contributed by atoms with E-state index >= 15 is 0 Å². The van der Waals surface area contributed by atoms with Gasteiger partial charge in [-0.05, 0) is 24.6 Å².